The molecule has 3 N–H and O–H groups in total. The third kappa shape index (κ3) is 6.29. The Bertz CT molecular complexity index is 1110. The van der Waals surface area contributed by atoms with Gasteiger partial charge in [0.05, 0.1) is 17.9 Å². The van der Waals surface area contributed by atoms with Gasteiger partial charge in [0.15, 0.2) is 0 Å². The topological polar surface area (TPSA) is 93.6 Å². The lowest BCUT2D eigenvalue weighted by Gasteiger charge is -2.35. The molecule has 2 aromatic rings. The number of hydrogen-bond donors (Lipinski definition) is 3. The van der Waals surface area contributed by atoms with Crippen molar-refractivity contribution in [3.05, 3.63) is 35.5 Å². The number of carbonyl (C=O) groups is 1. The van der Waals surface area contributed by atoms with Crippen LogP contribution >= 0.6 is 11.9 Å². The van der Waals surface area contributed by atoms with E-state index in [1.54, 1.807) is 6.07 Å². The molecule has 8 nitrogen and oxygen atoms in total. The van der Waals surface area contributed by atoms with Gasteiger partial charge >= 0.3 is 0 Å². The summed E-state index contributed by atoms with van der Waals surface area (Å²) in [5, 5.41) is 12.4. The number of halogens is 1. The molecule has 37 heavy (non-hydrogen) atoms. The molecule has 2 aliphatic heterocycles. The Hall–Kier alpha value is -2.59. The Morgan fingerprint density at radius 3 is 2.54 bits per heavy atom. The molecule has 3 heterocycles. The fourth-order valence-electron chi connectivity index (χ4n) is 5.14. The van der Waals surface area contributed by atoms with Gasteiger partial charge in [-0.2, -0.15) is 4.98 Å². The number of piperidine rings is 2. The summed E-state index contributed by atoms with van der Waals surface area (Å²) in [5.74, 6) is 0.768. The second-order valence-corrected chi connectivity index (χ2v) is 12.0. The predicted octanol–water partition coefficient (Wildman–Crippen LogP) is 4.80. The molecule has 1 saturated carbocycles. The zero-order valence-corrected chi connectivity index (χ0v) is 22.5. The van der Waals surface area contributed by atoms with Gasteiger partial charge in [-0.15, -0.1) is 0 Å². The number of hydrogen-bond acceptors (Lipinski definition) is 8. The van der Waals surface area contributed by atoms with Crippen molar-refractivity contribution in [1.82, 2.24) is 9.97 Å². The van der Waals surface area contributed by atoms with Crippen LogP contribution in [0.25, 0.3) is 0 Å². The predicted molar refractivity (Wildman–Crippen MR) is 148 cm³/mol. The maximum atomic E-state index is 13.6. The van der Waals surface area contributed by atoms with E-state index in [1.165, 1.54) is 24.8 Å². The van der Waals surface area contributed by atoms with Gasteiger partial charge in [-0.1, -0.05) is 0 Å². The van der Waals surface area contributed by atoms with Crippen LogP contribution in [0.4, 0.5) is 27.5 Å². The first kappa shape index (κ1) is 26.0. The fourth-order valence-corrected chi connectivity index (χ4v) is 5.68. The Labute approximate surface area is 222 Å². The number of carbonyl (C=O) groups excluding carboxylic acids is 1. The minimum Gasteiger partial charge on any atom is -0.395 e. The van der Waals surface area contributed by atoms with Gasteiger partial charge in [0.2, 0.25) is 5.95 Å². The number of benzene rings is 1. The largest absolute Gasteiger partial charge is 0.395 e. The van der Waals surface area contributed by atoms with Crippen LogP contribution in [0.3, 0.4) is 0 Å². The summed E-state index contributed by atoms with van der Waals surface area (Å²) >= 11 is 1.46. The first-order chi connectivity index (χ1) is 17.8. The zero-order chi connectivity index (χ0) is 26.0. The third-order valence-corrected chi connectivity index (χ3v) is 8.70. The standard InChI is InChI=1S/C27H37FN6O2S/c1-18-15-24(31-26(29-18)34-11-5-20(28)6-12-34)30-25(36)22-4-3-21(32-37-19(2)17-35)16-23(22)33-13-9-27(7-8-27)10-14-33/h3-4,15-16,19-20,32,35H,5-14,17H2,1-2H3,(H,29,30,31,36). The minimum absolute atomic E-state index is 0.0574. The van der Waals surface area contributed by atoms with Crippen LogP contribution < -0.4 is 19.8 Å². The molecule has 1 aromatic carbocycles. The van der Waals surface area contributed by atoms with Crippen LogP contribution in [0, 0.1) is 12.3 Å². The van der Waals surface area contributed by atoms with Crippen LogP contribution in [0.2, 0.25) is 0 Å². The van der Waals surface area contributed by atoms with E-state index in [9.17, 15) is 14.3 Å². The summed E-state index contributed by atoms with van der Waals surface area (Å²) in [7, 11) is 0. The van der Waals surface area contributed by atoms with Crippen LogP contribution in [0.5, 0.6) is 0 Å². The Morgan fingerprint density at radius 2 is 1.86 bits per heavy atom. The molecule has 0 bridgehead atoms. The van der Waals surface area contributed by atoms with Crippen molar-refractivity contribution in [2.45, 2.75) is 63.8 Å². The summed E-state index contributed by atoms with van der Waals surface area (Å²) in [6.45, 7) is 6.93. The van der Waals surface area contributed by atoms with E-state index in [0.717, 1.165) is 43.0 Å². The lowest BCUT2D eigenvalue weighted by molar-refractivity contribution is 0.102. The number of nitrogens with one attached hydrogen (secondary N) is 2. The van der Waals surface area contributed by atoms with E-state index in [-0.39, 0.29) is 17.8 Å². The fraction of sp³-hybridized carbons (Fsp3) is 0.593. The highest BCUT2D eigenvalue weighted by atomic mass is 32.2. The number of rotatable bonds is 8. The number of anilines is 4. The van der Waals surface area contributed by atoms with Gasteiger partial charge in [-0.3, -0.25) is 4.79 Å². The van der Waals surface area contributed by atoms with Gasteiger partial charge in [0, 0.05) is 48.9 Å². The minimum atomic E-state index is -0.772. The van der Waals surface area contributed by atoms with E-state index in [2.05, 4.69) is 24.9 Å². The van der Waals surface area contributed by atoms with Gasteiger partial charge in [-0.25, -0.2) is 9.37 Å². The molecule has 10 heteroatoms. The number of amides is 1. The van der Waals surface area contributed by atoms with Crippen molar-refractivity contribution in [2.24, 2.45) is 5.41 Å². The molecule has 1 aliphatic carbocycles. The molecule has 3 aliphatic rings. The quantitative estimate of drug-likeness (QED) is 0.421. The lowest BCUT2D eigenvalue weighted by atomic mass is 9.93. The average Bonchev–Trinajstić information content (AvgIpc) is 3.66. The maximum Gasteiger partial charge on any atom is 0.258 e. The average molecular weight is 529 g/mol. The van der Waals surface area contributed by atoms with Crippen LogP contribution in [0.15, 0.2) is 24.3 Å². The summed E-state index contributed by atoms with van der Waals surface area (Å²) in [5.41, 5.74) is 3.70. The highest BCUT2D eigenvalue weighted by molar-refractivity contribution is 8.01. The summed E-state index contributed by atoms with van der Waals surface area (Å²) in [6, 6.07) is 7.57. The van der Waals surface area contributed by atoms with Crippen molar-refractivity contribution in [3.8, 4) is 0 Å². The monoisotopic (exact) mass is 528 g/mol. The lowest BCUT2D eigenvalue weighted by Crippen LogP contribution is -2.36. The highest BCUT2D eigenvalue weighted by Crippen LogP contribution is 2.54. The van der Waals surface area contributed by atoms with E-state index < -0.39 is 6.17 Å². The zero-order valence-electron chi connectivity index (χ0n) is 21.7. The van der Waals surface area contributed by atoms with E-state index >= 15 is 0 Å². The summed E-state index contributed by atoms with van der Waals surface area (Å²) in [4.78, 5) is 27.0. The molecule has 1 unspecified atom stereocenters. The highest BCUT2D eigenvalue weighted by Gasteiger charge is 2.44. The maximum absolute atomic E-state index is 13.6. The number of aliphatic hydroxyl groups excluding tert-OH is 1. The molecule has 0 radical (unpaired) electrons. The van der Waals surface area contributed by atoms with E-state index in [1.807, 2.05) is 36.9 Å². The Kier molecular flexibility index (Phi) is 7.76. The van der Waals surface area contributed by atoms with Crippen molar-refractivity contribution in [1.29, 1.82) is 0 Å². The van der Waals surface area contributed by atoms with Crippen molar-refractivity contribution in [2.75, 3.05) is 52.6 Å². The normalized spacial score (nSPS) is 20.1. The van der Waals surface area contributed by atoms with Gasteiger partial charge < -0.3 is 24.9 Å². The Balaban J connectivity index is 1.36. The van der Waals surface area contributed by atoms with Crippen LogP contribution in [-0.4, -0.2) is 65.2 Å². The smallest absolute Gasteiger partial charge is 0.258 e. The van der Waals surface area contributed by atoms with Crippen molar-refractivity contribution in [3.63, 3.8) is 0 Å². The number of nitrogens with zero attached hydrogens (tertiary/aromatic N) is 4. The number of aliphatic hydroxyl groups is 1. The summed E-state index contributed by atoms with van der Waals surface area (Å²) in [6.07, 6.45) is 5.13. The number of aryl methyl sites for hydroxylation is 1. The molecule has 1 aromatic heterocycles. The molecule has 1 spiro atoms. The third-order valence-electron chi connectivity index (χ3n) is 7.79. The number of alkyl halides is 1. The molecule has 200 valence electrons. The first-order valence-corrected chi connectivity index (χ1v) is 14.2. The summed E-state index contributed by atoms with van der Waals surface area (Å²) < 4.78 is 16.9. The second kappa shape index (κ2) is 11.0. The van der Waals surface area contributed by atoms with Crippen molar-refractivity contribution >= 4 is 41.0 Å². The molecule has 3 fully saturated rings. The Morgan fingerprint density at radius 1 is 1.14 bits per heavy atom. The molecule has 2 saturated heterocycles. The van der Waals surface area contributed by atoms with Gasteiger partial charge in [0.25, 0.3) is 5.91 Å². The van der Waals surface area contributed by atoms with Crippen LogP contribution in [-0.2, 0) is 0 Å². The second-order valence-electron chi connectivity index (χ2n) is 10.7. The molecule has 1 amide bonds. The van der Waals surface area contributed by atoms with Gasteiger partial charge in [0.1, 0.15) is 12.0 Å². The number of aromatic nitrogens is 2. The SMILES string of the molecule is Cc1cc(NC(=O)c2ccc(NSC(C)CO)cc2N2CCC3(CC2)CC3)nc(N2CCC(F)CC2)n1. The molecule has 5 rings (SSSR count). The van der Waals surface area contributed by atoms with Crippen molar-refractivity contribution < 1.29 is 14.3 Å². The van der Waals surface area contributed by atoms with E-state index in [4.69, 9.17) is 0 Å². The van der Waals surface area contributed by atoms with E-state index in [0.29, 0.717) is 48.7 Å². The van der Waals surface area contributed by atoms with Crippen LogP contribution in [0.1, 0.15) is 61.5 Å². The van der Waals surface area contributed by atoms with Gasteiger partial charge in [-0.05, 0) is 87.9 Å². The molecule has 1 atom stereocenters. The molecular weight excluding hydrogens is 491 g/mol. The first-order valence-electron chi connectivity index (χ1n) is 13.3. The molecular formula is C27H37FN6O2S.